The van der Waals surface area contributed by atoms with E-state index in [0.29, 0.717) is 11.7 Å². The number of benzene rings is 1. The van der Waals surface area contributed by atoms with Gasteiger partial charge in [0.25, 0.3) is 0 Å². The van der Waals surface area contributed by atoms with Crippen molar-refractivity contribution in [2.75, 3.05) is 0 Å². The number of nitriles is 1. The maximum absolute atomic E-state index is 8.90. The minimum Gasteiger partial charge on any atom is -0.490 e. The van der Waals surface area contributed by atoms with Crippen LogP contribution in [0.3, 0.4) is 0 Å². The van der Waals surface area contributed by atoms with Crippen LogP contribution in [0.25, 0.3) is 0 Å². The van der Waals surface area contributed by atoms with Crippen molar-refractivity contribution in [3.63, 3.8) is 0 Å². The normalized spacial score (nSPS) is 15.6. The molecule has 0 saturated heterocycles. The van der Waals surface area contributed by atoms with E-state index in [0.717, 1.165) is 18.6 Å². The van der Waals surface area contributed by atoms with Gasteiger partial charge in [0, 0.05) is 0 Å². The fourth-order valence-corrected chi connectivity index (χ4v) is 1.67. The van der Waals surface area contributed by atoms with Crippen molar-refractivity contribution in [1.29, 1.82) is 5.26 Å². The van der Waals surface area contributed by atoms with Gasteiger partial charge in [-0.05, 0) is 36.0 Å². The maximum atomic E-state index is 8.90. The third-order valence-electron chi connectivity index (χ3n) is 2.74. The first-order chi connectivity index (χ1) is 7.50. The zero-order valence-corrected chi connectivity index (χ0v) is 10.1. The molecule has 2 nitrogen and oxygen atoms in total. The van der Waals surface area contributed by atoms with Gasteiger partial charge in [-0.3, -0.25) is 0 Å². The van der Waals surface area contributed by atoms with Crippen LogP contribution >= 0.6 is 0 Å². The van der Waals surface area contributed by atoms with Gasteiger partial charge >= 0.3 is 0 Å². The monoisotopic (exact) mass is 215 g/mol. The highest BCUT2D eigenvalue weighted by atomic mass is 16.5. The Morgan fingerprint density at radius 3 is 2.50 bits per heavy atom. The van der Waals surface area contributed by atoms with Crippen LogP contribution in [-0.4, -0.2) is 6.10 Å². The minimum atomic E-state index is 0.0538. The van der Waals surface area contributed by atoms with Crippen LogP contribution in [0.1, 0.15) is 44.7 Å². The third kappa shape index (κ3) is 2.36. The quantitative estimate of drug-likeness (QED) is 0.757. The average Bonchev–Trinajstić information content (AvgIpc) is 3.00. The Labute approximate surface area is 96.9 Å². The van der Waals surface area contributed by atoms with Crippen molar-refractivity contribution < 1.29 is 4.74 Å². The van der Waals surface area contributed by atoms with Gasteiger partial charge in [-0.2, -0.15) is 5.26 Å². The Morgan fingerprint density at radius 1 is 1.31 bits per heavy atom. The van der Waals surface area contributed by atoms with Gasteiger partial charge in [-0.1, -0.05) is 26.8 Å². The largest absolute Gasteiger partial charge is 0.490 e. The van der Waals surface area contributed by atoms with Crippen LogP contribution in [0.15, 0.2) is 18.2 Å². The number of ether oxygens (including phenoxy) is 1. The van der Waals surface area contributed by atoms with Gasteiger partial charge in [0.2, 0.25) is 0 Å². The zero-order valence-electron chi connectivity index (χ0n) is 10.1. The van der Waals surface area contributed by atoms with E-state index in [2.05, 4.69) is 26.8 Å². The van der Waals surface area contributed by atoms with Crippen molar-refractivity contribution >= 4 is 0 Å². The molecule has 0 unspecified atom stereocenters. The minimum absolute atomic E-state index is 0.0538. The molecule has 1 fully saturated rings. The van der Waals surface area contributed by atoms with Crippen molar-refractivity contribution in [2.24, 2.45) is 0 Å². The van der Waals surface area contributed by atoms with E-state index >= 15 is 0 Å². The first-order valence-electron chi connectivity index (χ1n) is 5.72. The molecule has 0 amide bonds. The van der Waals surface area contributed by atoms with E-state index in [9.17, 15) is 0 Å². The highest BCUT2D eigenvalue weighted by Crippen LogP contribution is 2.35. The molecule has 1 aliphatic carbocycles. The molecule has 0 spiro atoms. The van der Waals surface area contributed by atoms with Gasteiger partial charge in [-0.15, -0.1) is 0 Å². The lowest BCUT2D eigenvalue weighted by Gasteiger charge is -2.22. The summed E-state index contributed by atoms with van der Waals surface area (Å²) in [6.07, 6.45) is 2.65. The molecule has 0 radical (unpaired) electrons. The summed E-state index contributed by atoms with van der Waals surface area (Å²) in [4.78, 5) is 0. The second-order valence-electron chi connectivity index (χ2n) is 5.39. The molecular formula is C14H17NO. The summed E-state index contributed by atoms with van der Waals surface area (Å²) in [6, 6.07) is 7.89. The van der Waals surface area contributed by atoms with Crippen LogP contribution in [0, 0.1) is 11.3 Å². The fraction of sp³-hybridized carbons (Fsp3) is 0.500. The second-order valence-corrected chi connectivity index (χ2v) is 5.39. The smallest absolute Gasteiger partial charge is 0.124 e. The summed E-state index contributed by atoms with van der Waals surface area (Å²) in [5.74, 6) is 0.883. The lowest BCUT2D eigenvalue weighted by Crippen LogP contribution is -2.14. The second kappa shape index (κ2) is 3.83. The molecule has 0 atom stereocenters. The molecule has 2 heteroatoms. The molecule has 0 heterocycles. The van der Waals surface area contributed by atoms with E-state index in [1.54, 1.807) is 0 Å². The molecule has 2 rings (SSSR count). The van der Waals surface area contributed by atoms with E-state index in [4.69, 9.17) is 10.00 Å². The molecule has 84 valence electrons. The topological polar surface area (TPSA) is 33.0 Å². The molecule has 0 bridgehead atoms. The zero-order chi connectivity index (χ0) is 11.8. The highest BCUT2D eigenvalue weighted by Gasteiger charge is 2.27. The highest BCUT2D eigenvalue weighted by molar-refractivity contribution is 5.45. The number of rotatable bonds is 2. The lowest BCUT2D eigenvalue weighted by molar-refractivity contribution is 0.294. The summed E-state index contributed by atoms with van der Waals surface area (Å²) >= 11 is 0. The van der Waals surface area contributed by atoms with E-state index < -0.39 is 0 Å². The molecular weight excluding hydrogens is 198 g/mol. The Balaban J connectivity index is 2.38. The van der Waals surface area contributed by atoms with Crippen molar-refractivity contribution in [3.05, 3.63) is 29.3 Å². The molecule has 1 aromatic rings. The SMILES string of the molecule is CC(C)(C)c1ccc(C#N)cc1OC1CC1. The third-order valence-corrected chi connectivity index (χ3v) is 2.74. The van der Waals surface area contributed by atoms with Gasteiger partial charge < -0.3 is 4.74 Å². The average molecular weight is 215 g/mol. The fourth-order valence-electron chi connectivity index (χ4n) is 1.67. The Bertz CT molecular complexity index is 433. The molecule has 1 aromatic carbocycles. The van der Waals surface area contributed by atoms with Crippen LogP contribution in [-0.2, 0) is 5.41 Å². The predicted octanol–water partition coefficient (Wildman–Crippen LogP) is 3.40. The number of hydrogen-bond acceptors (Lipinski definition) is 2. The first-order valence-corrected chi connectivity index (χ1v) is 5.72. The van der Waals surface area contributed by atoms with Crippen molar-refractivity contribution in [1.82, 2.24) is 0 Å². The van der Waals surface area contributed by atoms with Gasteiger partial charge in [-0.25, -0.2) is 0 Å². The van der Waals surface area contributed by atoms with Gasteiger partial charge in [0.05, 0.1) is 17.7 Å². The summed E-state index contributed by atoms with van der Waals surface area (Å²) in [5, 5.41) is 8.90. The number of hydrogen-bond donors (Lipinski definition) is 0. The summed E-state index contributed by atoms with van der Waals surface area (Å²) in [5.41, 5.74) is 1.90. The number of nitrogens with zero attached hydrogens (tertiary/aromatic N) is 1. The Hall–Kier alpha value is -1.49. The molecule has 16 heavy (non-hydrogen) atoms. The summed E-state index contributed by atoms with van der Waals surface area (Å²) < 4.78 is 5.87. The molecule has 0 aromatic heterocycles. The standard InChI is InChI=1S/C14H17NO/c1-14(2,3)12-7-4-10(9-15)8-13(12)16-11-5-6-11/h4,7-8,11H,5-6H2,1-3H3. The molecule has 0 aliphatic heterocycles. The van der Waals surface area contributed by atoms with E-state index in [1.807, 2.05) is 18.2 Å². The molecule has 0 N–H and O–H groups in total. The Kier molecular flexibility index (Phi) is 2.63. The van der Waals surface area contributed by atoms with Crippen LogP contribution in [0.2, 0.25) is 0 Å². The summed E-state index contributed by atoms with van der Waals surface area (Å²) in [7, 11) is 0. The van der Waals surface area contributed by atoms with Crippen molar-refractivity contribution in [3.8, 4) is 11.8 Å². The first kappa shape index (κ1) is 11.0. The van der Waals surface area contributed by atoms with Crippen LogP contribution < -0.4 is 4.74 Å². The van der Waals surface area contributed by atoms with Gasteiger partial charge in [0.1, 0.15) is 5.75 Å². The Morgan fingerprint density at radius 2 is 2.00 bits per heavy atom. The molecule has 1 aliphatic rings. The predicted molar refractivity (Wildman–Crippen MR) is 63.5 cm³/mol. The van der Waals surface area contributed by atoms with Crippen LogP contribution in [0.5, 0.6) is 5.75 Å². The maximum Gasteiger partial charge on any atom is 0.124 e. The molecule has 1 saturated carbocycles. The van der Waals surface area contributed by atoms with E-state index in [1.165, 1.54) is 5.56 Å². The van der Waals surface area contributed by atoms with Crippen molar-refractivity contribution in [2.45, 2.75) is 45.1 Å². The lowest BCUT2D eigenvalue weighted by atomic mass is 9.86. The van der Waals surface area contributed by atoms with E-state index in [-0.39, 0.29) is 5.41 Å². The summed E-state index contributed by atoms with van der Waals surface area (Å²) in [6.45, 7) is 6.48. The van der Waals surface area contributed by atoms with Gasteiger partial charge in [0.15, 0.2) is 0 Å². The van der Waals surface area contributed by atoms with Crippen LogP contribution in [0.4, 0.5) is 0 Å².